The van der Waals surface area contributed by atoms with E-state index in [1.54, 1.807) is 28.4 Å². The van der Waals surface area contributed by atoms with Gasteiger partial charge in [-0.3, -0.25) is 0 Å². The largest absolute Gasteiger partial charge is 0.494 e. The van der Waals surface area contributed by atoms with Gasteiger partial charge in [-0.05, 0) is 302 Å². The topological polar surface area (TPSA) is 98.8 Å². The van der Waals surface area contributed by atoms with Crippen molar-refractivity contribution in [3.05, 3.63) is 58.7 Å². The Morgan fingerprint density at radius 2 is 0.783 bits per heavy atom. The van der Waals surface area contributed by atoms with E-state index in [9.17, 15) is 79.0 Å². The van der Waals surface area contributed by atoms with Gasteiger partial charge in [-0.1, -0.05) is 83.0 Å². The summed E-state index contributed by atoms with van der Waals surface area (Å²) in [7, 11) is 19.6. The summed E-state index contributed by atoms with van der Waals surface area (Å²) in [5.74, 6) is 8.90. The number of halogens is 18. The monoisotopic (exact) mass is 1830 g/mol. The van der Waals surface area contributed by atoms with Crippen LogP contribution in [0.4, 0.5) is 79.0 Å². The first-order valence-corrected chi connectivity index (χ1v) is 47.4. The van der Waals surface area contributed by atoms with Gasteiger partial charge in [-0.25, -0.2) is 0 Å². The maximum Gasteiger partial charge on any atom is 0.435 e. The summed E-state index contributed by atoms with van der Waals surface area (Å²) in [5.41, 5.74) is -7.67. The summed E-state index contributed by atoms with van der Waals surface area (Å²) in [4.78, 5) is 4.90. The van der Waals surface area contributed by atoms with E-state index < -0.39 is 74.3 Å². The van der Waals surface area contributed by atoms with Crippen LogP contribution in [0.3, 0.4) is 0 Å². The fraction of sp³-hybridized carbons (Fsp3) is 0.860. The van der Waals surface area contributed by atoms with Crippen molar-refractivity contribution in [1.82, 2.24) is 9.80 Å². The van der Waals surface area contributed by atoms with Gasteiger partial charge < -0.3 is 57.2 Å². The summed E-state index contributed by atoms with van der Waals surface area (Å²) < 4.78 is 286. The lowest BCUT2D eigenvalue weighted by atomic mass is 9.55. The molecule has 0 N–H and O–H groups in total. The average molecular weight is 1830 g/mol. The maximum atomic E-state index is 13.0. The van der Waals surface area contributed by atoms with E-state index >= 15 is 0 Å². The van der Waals surface area contributed by atoms with Crippen molar-refractivity contribution in [2.75, 3.05) is 152 Å². The molecule has 0 saturated heterocycles. The van der Waals surface area contributed by atoms with E-state index in [0.29, 0.717) is 78.1 Å². The molecule has 0 aliphatic heterocycles. The van der Waals surface area contributed by atoms with Crippen LogP contribution in [0.1, 0.15) is 218 Å². The third kappa shape index (κ3) is 29.9. The van der Waals surface area contributed by atoms with Crippen molar-refractivity contribution in [3.8, 4) is 11.5 Å². The molecular formula is C86H136F18N2O10S4. The molecule has 2 aromatic carbocycles. The first-order chi connectivity index (χ1) is 56.3. The van der Waals surface area contributed by atoms with Crippen molar-refractivity contribution in [1.29, 1.82) is 0 Å². The van der Waals surface area contributed by atoms with Crippen LogP contribution >= 0.6 is 43.2 Å². The van der Waals surface area contributed by atoms with Crippen LogP contribution in [-0.4, -0.2) is 227 Å². The predicted octanol–water partition coefficient (Wildman–Crippen LogP) is 24.7. The molecule has 8 rings (SSSR count). The number of methoxy groups -OCH3 is 4. The second kappa shape index (κ2) is 50.1. The van der Waals surface area contributed by atoms with Gasteiger partial charge in [0.2, 0.25) is 0 Å². The maximum absolute atomic E-state index is 13.0. The molecule has 700 valence electrons. The number of alkyl halides is 18. The van der Waals surface area contributed by atoms with Crippen LogP contribution in [0, 0.1) is 46.3 Å². The average Bonchev–Trinajstić information content (AvgIpc) is 1.75. The zero-order valence-corrected chi connectivity index (χ0v) is 76.0. The zero-order valence-electron chi connectivity index (χ0n) is 72.7. The Bertz CT molecular complexity index is 2950. The molecule has 34 heteroatoms. The molecule has 2 aromatic rings. The first-order valence-electron chi connectivity index (χ1n) is 42.6. The SMILES string of the molecule is CCC(C)(C)SSCCCN(C)CCCC(COC)COC.CCCSSCCCN(C)CCCC(COC)COC.CCOc1ccc2c(c1)CCC1C2CCC2(C)C(OCCCOC(C(F)(F)F)(C(F)(F)F)C(F)(F)F)CCC12.CCOc1ccc2c(c1)CCC1C2CCC2(C)C(OCCCOC(C(F)(F)F)(C(F)(F)F)C(F)(F)F)CCC12. The highest BCUT2D eigenvalue weighted by atomic mass is 33.1. The predicted molar refractivity (Wildman–Crippen MR) is 444 cm³/mol. The molecule has 10 atom stereocenters. The second-order valence-electron chi connectivity index (χ2n) is 33.9. The minimum Gasteiger partial charge on any atom is -0.494 e. The van der Waals surface area contributed by atoms with Gasteiger partial charge in [-0.2, -0.15) is 79.0 Å². The molecule has 6 aliphatic carbocycles. The number of ether oxygens (including phenoxy) is 10. The Kier molecular flexibility index (Phi) is 45.2. The van der Waals surface area contributed by atoms with Gasteiger partial charge in [0, 0.05) is 75.5 Å². The van der Waals surface area contributed by atoms with E-state index in [4.69, 9.17) is 37.9 Å². The molecule has 120 heavy (non-hydrogen) atoms. The van der Waals surface area contributed by atoms with Crippen molar-refractivity contribution in [3.63, 3.8) is 0 Å². The van der Waals surface area contributed by atoms with E-state index in [1.807, 2.05) is 69.2 Å². The second-order valence-corrected chi connectivity index (χ2v) is 39.8. The van der Waals surface area contributed by atoms with Gasteiger partial charge in [0.25, 0.3) is 0 Å². The van der Waals surface area contributed by atoms with Crippen LogP contribution in [-0.2, 0) is 50.7 Å². The Hall–Kier alpha value is -2.22. The first kappa shape index (κ1) is 108. The fourth-order valence-electron chi connectivity index (χ4n) is 18.7. The quantitative estimate of drug-likeness (QED) is 0.0357. The minimum absolute atomic E-state index is 0.224. The lowest BCUT2D eigenvalue weighted by Gasteiger charge is -2.50. The molecule has 0 bridgehead atoms. The molecule has 0 radical (unpaired) electrons. The van der Waals surface area contributed by atoms with Crippen LogP contribution in [0.25, 0.3) is 0 Å². The third-order valence-electron chi connectivity index (χ3n) is 25.0. The molecular weight excluding hydrogens is 1690 g/mol. The molecule has 0 amide bonds. The number of benzene rings is 2. The normalized spacial score (nSPS) is 23.4. The number of fused-ring (bicyclic) bond motifs is 10. The Morgan fingerprint density at radius 1 is 0.433 bits per heavy atom. The zero-order chi connectivity index (χ0) is 89.6. The van der Waals surface area contributed by atoms with Crippen LogP contribution < -0.4 is 9.47 Å². The summed E-state index contributed by atoms with van der Waals surface area (Å²) in [6, 6.07) is 12.5. The molecule has 10 unspecified atom stereocenters. The Labute approximate surface area is 717 Å². The van der Waals surface area contributed by atoms with Crippen molar-refractivity contribution >= 4 is 43.2 Å². The van der Waals surface area contributed by atoms with Gasteiger partial charge in [-0.15, -0.1) is 0 Å². The van der Waals surface area contributed by atoms with Crippen molar-refractivity contribution in [2.24, 2.45) is 46.3 Å². The lowest BCUT2D eigenvalue weighted by molar-refractivity contribution is -0.458. The van der Waals surface area contributed by atoms with Crippen molar-refractivity contribution in [2.45, 2.75) is 274 Å². The molecule has 0 spiro atoms. The molecule has 6 aliphatic rings. The number of nitrogens with zero attached hydrogens (tertiary/aromatic N) is 2. The summed E-state index contributed by atoms with van der Waals surface area (Å²) >= 11 is 0. The number of hydrogen-bond acceptors (Lipinski definition) is 16. The van der Waals surface area contributed by atoms with Crippen LogP contribution in [0.5, 0.6) is 11.5 Å². The molecule has 0 aromatic heterocycles. The van der Waals surface area contributed by atoms with E-state index in [2.05, 4.69) is 99.2 Å². The van der Waals surface area contributed by atoms with E-state index in [1.165, 1.54) is 117 Å². The molecule has 4 fully saturated rings. The standard InChI is InChI=1S/2C27H33F9O3.C17H37NO2S2.C15H33NO2S2/c2*1-3-37-17-6-8-18-16(15-17)5-7-20-19(18)11-12-23(2)21(20)9-10-22(23)38-13-4-14-39-24(25(28,29)30,26(31,32)33)27(34,35)36;1-7-17(2,3)22-21-13-9-12-18(4)11-8-10-16(14-19-5)15-20-6;1-5-11-19-20-12-7-10-16(2)9-6-8-15(13-17-3)14-18-4/h2*6,8,15,19-22H,3-5,7,9-14H2,1-2H3;16H,7-15H2,1-6H3;15H,5-14H2,1-4H3. The highest BCUT2D eigenvalue weighted by molar-refractivity contribution is 8.77. The highest BCUT2D eigenvalue weighted by Gasteiger charge is 2.86. The van der Waals surface area contributed by atoms with Gasteiger partial charge >= 0.3 is 48.3 Å². The van der Waals surface area contributed by atoms with Crippen LogP contribution in [0.2, 0.25) is 0 Å². The Balaban J connectivity index is 0.000000298. The van der Waals surface area contributed by atoms with E-state index in [-0.39, 0.29) is 36.3 Å². The minimum atomic E-state index is -6.72. The number of rotatable bonds is 46. The summed E-state index contributed by atoms with van der Waals surface area (Å²) in [5, 5.41) is 0. The van der Waals surface area contributed by atoms with E-state index in [0.717, 1.165) is 102 Å². The van der Waals surface area contributed by atoms with Gasteiger partial charge in [0.1, 0.15) is 11.5 Å². The number of hydrogen-bond donors (Lipinski definition) is 0. The molecule has 0 heterocycles. The summed E-state index contributed by atoms with van der Waals surface area (Å²) in [6.07, 6.45) is -21.6. The van der Waals surface area contributed by atoms with Gasteiger partial charge in [0.05, 0.1) is 65.1 Å². The van der Waals surface area contributed by atoms with Crippen molar-refractivity contribution < 1.29 is 126 Å². The molecule has 12 nitrogen and oxygen atoms in total. The fourth-order valence-corrected chi connectivity index (χ4v) is 23.6. The molecule has 4 saturated carbocycles. The lowest BCUT2D eigenvalue weighted by Crippen LogP contribution is -2.67. The number of aryl methyl sites for hydroxylation is 2. The Morgan fingerprint density at radius 3 is 1.12 bits per heavy atom. The van der Waals surface area contributed by atoms with Gasteiger partial charge in [0.15, 0.2) is 0 Å². The smallest absolute Gasteiger partial charge is 0.435 e. The van der Waals surface area contributed by atoms with Crippen LogP contribution in [0.15, 0.2) is 36.4 Å². The summed E-state index contributed by atoms with van der Waals surface area (Å²) in [6.45, 7) is 23.0. The third-order valence-corrected chi connectivity index (χ3v) is 31.3. The highest BCUT2D eigenvalue weighted by Crippen LogP contribution is 2.64.